The molecule has 1 unspecified atom stereocenters. The summed E-state index contributed by atoms with van der Waals surface area (Å²) >= 11 is 0. The summed E-state index contributed by atoms with van der Waals surface area (Å²) in [4.78, 5) is 14.4. The smallest absolute Gasteiger partial charge is 0.274 e. The first kappa shape index (κ1) is 17.1. The van der Waals surface area contributed by atoms with E-state index in [0.29, 0.717) is 44.1 Å². The third-order valence-corrected chi connectivity index (χ3v) is 4.13. The van der Waals surface area contributed by atoms with E-state index in [0.717, 1.165) is 5.56 Å². The highest BCUT2D eigenvalue weighted by atomic mass is 16.5. The molecule has 0 radical (unpaired) electrons. The number of benzene rings is 1. The van der Waals surface area contributed by atoms with Crippen molar-refractivity contribution >= 4 is 5.91 Å². The van der Waals surface area contributed by atoms with E-state index in [1.54, 1.807) is 41.1 Å². The fraction of sp³-hybridized carbons (Fsp3) is 0.389. The summed E-state index contributed by atoms with van der Waals surface area (Å²) in [6, 6.07) is 11.1. The summed E-state index contributed by atoms with van der Waals surface area (Å²) < 4.78 is 12.5. The molecule has 7 nitrogen and oxygen atoms in total. The number of nitrogens with zero attached hydrogens (tertiary/aromatic N) is 4. The third-order valence-electron chi connectivity index (χ3n) is 4.13. The van der Waals surface area contributed by atoms with Crippen LogP contribution in [-0.2, 0) is 16.0 Å². The molecule has 0 N–H and O–H groups in total. The number of morpholine rings is 1. The molecule has 0 aliphatic carbocycles. The molecule has 3 rings (SSSR count). The summed E-state index contributed by atoms with van der Waals surface area (Å²) in [6.45, 7) is 2.58. The third kappa shape index (κ3) is 4.05. The van der Waals surface area contributed by atoms with E-state index < -0.39 is 0 Å². The van der Waals surface area contributed by atoms with Gasteiger partial charge in [-0.15, -0.1) is 0 Å². The molecule has 0 saturated carbocycles. The Morgan fingerprint density at radius 1 is 1.48 bits per heavy atom. The SMILES string of the molecule is COCCn1ccc(C(=O)N2CCOC(c3cccc(C#N)c3)C2)n1. The van der Waals surface area contributed by atoms with Crippen LogP contribution in [0.3, 0.4) is 0 Å². The Morgan fingerprint density at radius 2 is 2.36 bits per heavy atom. The zero-order valence-corrected chi connectivity index (χ0v) is 14.1. The summed E-state index contributed by atoms with van der Waals surface area (Å²) in [6.07, 6.45) is 1.54. The lowest BCUT2D eigenvalue weighted by Gasteiger charge is -2.32. The minimum Gasteiger partial charge on any atom is -0.383 e. The van der Waals surface area contributed by atoms with Gasteiger partial charge in [-0.1, -0.05) is 12.1 Å². The van der Waals surface area contributed by atoms with Crippen LogP contribution in [0.2, 0.25) is 0 Å². The maximum Gasteiger partial charge on any atom is 0.274 e. The van der Waals surface area contributed by atoms with Crippen LogP contribution in [0, 0.1) is 11.3 Å². The highest BCUT2D eigenvalue weighted by molar-refractivity contribution is 5.92. The molecule has 1 amide bonds. The number of nitriles is 1. The average Bonchev–Trinajstić information content (AvgIpc) is 3.15. The number of carbonyl (C=O) groups excluding carboxylic acids is 1. The number of aromatic nitrogens is 2. The standard InChI is InChI=1S/C18H20N4O3/c1-24-9-8-22-6-5-16(20-22)18(23)21-7-10-25-17(13-21)15-4-2-3-14(11-15)12-19/h2-6,11,17H,7-10,13H2,1H3. The van der Waals surface area contributed by atoms with E-state index >= 15 is 0 Å². The molecule has 7 heteroatoms. The molecule has 2 aromatic rings. The largest absolute Gasteiger partial charge is 0.383 e. The van der Waals surface area contributed by atoms with Crippen LogP contribution >= 0.6 is 0 Å². The second-order valence-electron chi connectivity index (χ2n) is 5.80. The Labute approximate surface area is 146 Å². The summed E-state index contributed by atoms with van der Waals surface area (Å²) in [5.41, 5.74) is 1.91. The van der Waals surface area contributed by atoms with Gasteiger partial charge in [0.05, 0.1) is 37.9 Å². The normalized spacial score (nSPS) is 17.3. The van der Waals surface area contributed by atoms with Crippen molar-refractivity contribution in [2.75, 3.05) is 33.4 Å². The monoisotopic (exact) mass is 340 g/mol. The quantitative estimate of drug-likeness (QED) is 0.826. The van der Waals surface area contributed by atoms with Gasteiger partial charge in [0, 0.05) is 19.9 Å². The van der Waals surface area contributed by atoms with Crippen molar-refractivity contribution in [3.8, 4) is 6.07 Å². The molecule has 1 aromatic carbocycles. The van der Waals surface area contributed by atoms with Crippen LogP contribution < -0.4 is 0 Å². The predicted octanol–water partition coefficient (Wildman–Crippen LogP) is 1.61. The molecular weight excluding hydrogens is 320 g/mol. The maximum atomic E-state index is 12.7. The van der Waals surface area contributed by atoms with Crippen LogP contribution in [0.4, 0.5) is 0 Å². The number of amides is 1. The van der Waals surface area contributed by atoms with Crippen molar-refractivity contribution < 1.29 is 14.3 Å². The van der Waals surface area contributed by atoms with Crippen LogP contribution in [0.15, 0.2) is 36.5 Å². The second kappa shape index (κ2) is 7.92. The summed E-state index contributed by atoms with van der Waals surface area (Å²) in [5.74, 6) is -0.110. The Balaban J connectivity index is 1.69. The number of methoxy groups -OCH3 is 1. The van der Waals surface area contributed by atoms with E-state index in [1.807, 2.05) is 12.1 Å². The van der Waals surface area contributed by atoms with Crippen molar-refractivity contribution in [2.24, 2.45) is 0 Å². The average molecular weight is 340 g/mol. The minimum absolute atomic E-state index is 0.110. The summed E-state index contributed by atoms with van der Waals surface area (Å²) in [7, 11) is 1.63. The zero-order chi connectivity index (χ0) is 17.6. The zero-order valence-electron chi connectivity index (χ0n) is 14.1. The molecule has 1 aromatic heterocycles. The molecule has 130 valence electrons. The van der Waals surface area contributed by atoms with Crippen molar-refractivity contribution in [3.05, 3.63) is 53.3 Å². The Kier molecular flexibility index (Phi) is 5.43. The van der Waals surface area contributed by atoms with Crippen molar-refractivity contribution in [2.45, 2.75) is 12.6 Å². The van der Waals surface area contributed by atoms with Gasteiger partial charge in [-0.25, -0.2) is 0 Å². The first-order valence-electron chi connectivity index (χ1n) is 8.14. The Hall–Kier alpha value is -2.69. The molecule has 1 saturated heterocycles. The van der Waals surface area contributed by atoms with Crippen LogP contribution in [0.1, 0.15) is 27.7 Å². The molecule has 1 atom stereocenters. The van der Waals surface area contributed by atoms with Gasteiger partial charge in [-0.2, -0.15) is 10.4 Å². The van der Waals surface area contributed by atoms with E-state index in [-0.39, 0.29) is 12.0 Å². The Morgan fingerprint density at radius 3 is 3.16 bits per heavy atom. The first-order chi connectivity index (χ1) is 12.2. The Bertz CT molecular complexity index is 781. The lowest BCUT2D eigenvalue weighted by atomic mass is 10.0. The lowest BCUT2D eigenvalue weighted by Crippen LogP contribution is -2.42. The molecule has 1 aliphatic rings. The number of rotatable bonds is 5. The number of carbonyl (C=O) groups is 1. The van der Waals surface area contributed by atoms with E-state index in [1.165, 1.54) is 0 Å². The van der Waals surface area contributed by atoms with Crippen molar-refractivity contribution in [1.29, 1.82) is 5.26 Å². The van der Waals surface area contributed by atoms with Crippen LogP contribution in [0.25, 0.3) is 0 Å². The topological polar surface area (TPSA) is 80.4 Å². The van der Waals surface area contributed by atoms with E-state index in [4.69, 9.17) is 14.7 Å². The van der Waals surface area contributed by atoms with Gasteiger partial charge in [0.15, 0.2) is 0 Å². The first-order valence-corrected chi connectivity index (χ1v) is 8.14. The highest BCUT2D eigenvalue weighted by Crippen LogP contribution is 2.23. The van der Waals surface area contributed by atoms with Crippen LogP contribution in [0.5, 0.6) is 0 Å². The summed E-state index contributed by atoms with van der Waals surface area (Å²) in [5, 5.41) is 13.3. The number of hydrogen-bond acceptors (Lipinski definition) is 5. The van der Waals surface area contributed by atoms with Crippen molar-refractivity contribution in [1.82, 2.24) is 14.7 Å². The fourth-order valence-electron chi connectivity index (χ4n) is 2.79. The molecule has 1 fully saturated rings. The van der Waals surface area contributed by atoms with Crippen LogP contribution in [-0.4, -0.2) is 54.0 Å². The van der Waals surface area contributed by atoms with Gasteiger partial charge in [0.2, 0.25) is 0 Å². The lowest BCUT2D eigenvalue weighted by molar-refractivity contribution is -0.0230. The minimum atomic E-state index is -0.235. The molecule has 25 heavy (non-hydrogen) atoms. The number of ether oxygens (including phenoxy) is 2. The molecule has 0 spiro atoms. The van der Waals surface area contributed by atoms with Gasteiger partial charge < -0.3 is 14.4 Å². The van der Waals surface area contributed by atoms with E-state index in [2.05, 4.69) is 11.2 Å². The maximum absolute atomic E-state index is 12.7. The molecule has 0 bridgehead atoms. The van der Waals surface area contributed by atoms with Gasteiger partial charge >= 0.3 is 0 Å². The van der Waals surface area contributed by atoms with E-state index in [9.17, 15) is 4.79 Å². The fourth-order valence-corrected chi connectivity index (χ4v) is 2.79. The van der Waals surface area contributed by atoms with Gasteiger partial charge in [-0.05, 0) is 23.8 Å². The van der Waals surface area contributed by atoms with Gasteiger partial charge in [0.25, 0.3) is 5.91 Å². The molecule has 1 aliphatic heterocycles. The number of hydrogen-bond donors (Lipinski definition) is 0. The predicted molar refractivity (Wildman–Crippen MR) is 89.9 cm³/mol. The van der Waals surface area contributed by atoms with Gasteiger partial charge in [0.1, 0.15) is 11.8 Å². The highest BCUT2D eigenvalue weighted by Gasteiger charge is 2.27. The van der Waals surface area contributed by atoms with Gasteiger partial charge in [-0.3, -0.25) is 9.48 Å². The van der Waals surface area contributed by atoms with Crippen molar-refractivity contribution in [3.63, 3.8) is 0 Å². The molecular formula is C18H20N4O3. The molecule has 2 heterocycles. The second-order valence-corrected chi connectivity index (χ2v) is 5.80.